The highest BCUT2D eigenvalue weighted by atomic mass is 35.5. The highest BCUT2D eigenvalue weighted by Gasteiger charge is 2.07. The second-order valence-electron chi connectivity index (χ2n) is 3.22. The highest BCUT2D eigenvalue weighted by Crippen LogP contribution is 2.20. The quantitative estimate of drug-likeness (QED) is 0.787. The van der Waals surface area contributed by atoms with Crippen molar-refractivity contribution in [2.75, 3.05) is 0 Å². The fourth-order valence-electron chi connectivity index (χ4n) is 1.54. The third-order valence-corrected chi connectivity index (χ3v) is 2.36. The number of carbonyl (C=O) groups is 1. The number of hydrogen-bond acceptors (Lipinski definition) is 2. The van der Waals surface area contributed by atoms with Crippen LogP contribution in [0.2, 0.25) is 0 Å². The first-order chi connectivity index (χ1) is 7.20. The van der Waals surface area contributed by atoms with E-state index < -0.39 is 5.24 Å². The molecule has 1 aromatic heterocycles. The Balaban J connectivity index is 2.57. The number of rotatable bonds is 2. The summed E-state index contributed by atoms with van der Waals surface area (Å²) in [6, 6.07) is 7.35. The van der Waals surface area contributed by atoms with E-state index in [2.05, 4.69) is 11.1 Å². The SMILES string of the molecule is N#Cc1ccc2[nH]cc(CC(=O)Cl)c2c1. The lowest BCUT2D eigenvalue weighted by Crippen LogP contribution is -1.91. The van der Waals surface area contributed by atoms with Gasteiger partial charge in [-0.15, -0.1) is 0 Å². The normalized spacial score (nSPS) is 10.1. The molecule has 1 N–H and O–H groups in total. The molecule has 0 saturated carbocycles. The molecule has 2 rings (SSSR count). The van der Waals surface area contributed by atoms with Crippen molar-refractivity contribution in [3.63, 3.8) is 0 Å². The average molecular weight is 219 g/mol. The Kier molecular flexibility index (Phi) is 2.44. The fraction of sp³-hybridized carbons (Fsp3) is 0.0909. The van der Waals surface area contributed by atoms with E-state index in [4.69, 9.17) is 16.9 Å². The summed E-state index contributed by atoms with van der Waals surface area (Å²) in [6.07, 6.45) is 1.92. The van der Waals surface area contributed by atoms with Gasteiger partial charge in [0.05, 0.1) is 11.6 Å². The second kappa shape index (κ2) is 3.76. The van der Waals surface area contributed by atoms with E-state index in [-0.39, 0.29) is 6.42 Å². The van der Waals surface area contributed by atoms with Crippen LogP contribution in [0.4, 0.5) is 0 Å². The Morgan fingerprint density at radius 3 is 3.00 bits per heavy atom. The summed E-state index contributed by atoms with van der Waals surface area (Å²) in [5.41, 5.74) is 2.30. The van der Waals surface area contributed by atoms with Crippen molar-refractivity contribution < 1.29 is 4.79 Å². The number of aromatic amines is 1. The van der Waals surface area contributed by atoms with Crippen LogP contribution in [0.3, 0.4) is 0 Å². The van der Waals surface area contributed by atoms with E-state index in [1.807, 2.05) is 6.07 Å². The molecule has 0 aliphatic heterocycles. The molecule has 0 aliphatic carbocycles. The smallest absolute Gasteiger partial charge is 0.226 e. The Hall–Kier alpha value is -1.79. The molecular weight excluding hydrogens is 212 g/mol. The zero-order chi connectivity index (χ0) is 10.8. The molecule has 0 radical (unpaired) electrons. The van der Waals surface area contributed by atoms with Gasteiger partial charge >= 0.3 is 0 Å². The monoisotopic (exact) mass is 218 g/mol. The van der Waals surface area contributed by atoms with Gasteiger partial charge in [-0.3, -0.25) is 4.79 Å². The number of nitrogens with one attached hydrogen (secondary N) is 1. The minimum absolute atomic E-state index is 0.177. The molecule has 0 bridgehead atoms. The number of H-pyrrole nitrogens is 1. The molecule has 1 aromatic carbocycles. The maximum absolute atomic E-state index is 10.8. The Morgan fingerprint density at radius 1 is 1.53 bits per heavy atom. The van der Waals surface area contributed by atoms with E-state index in [0.717, 1.165) is 16.5 Å². The molecule has 0 unspecified atom stereocenters. The first-order valence-corrected chi connectivity index (χ1v) is 4.77. The number of carbonyl (C=O) groups excluding carboxylic acids is 1. The molecule has 15 heavy (non-hydrogen) atoms. The number of halogens is 1. The minimum atomic E-state index is -0.404. The summed E-state index contributed by atoms with van der Waals surface area (Å²) in [5, 5.41) is 9.23. The molecule has 0 saturated heterocycles. The van der Waals surface area contributed by atoms with Gasteiger partial charge in [0, 0.05) is 23.5 Å². The average Bonchev–Trinajstić information content (AvgIpc) is 2.60. The number of nitrogens with zero attached hydrogens (tertiary/aromatic N) is 1. The van der Waals surface area contributed by atoms with Gasteiger partial charge in [-0.1, -0.05) is 0 Å². The second-order valence-corrected chi connectivity index (χ2v) is 3.64. The van der Waals surface area contributed by atoms with E-state index >= 15 is 0 Å². The molecule has 0 fully saturated rings. The Morgan fingerprint density at radius 2 is 2.33 bits per heavy atom. The maximum atomic E-state index is 10.8. The van der Waals surface area contributed by atoms with Gasteiger partial charge in [-0.05, 0) is 35.4 Å². The number of fused-ring (bicyclic) bond motifs is 1. The molecule has 0 amide bonds. The lowest BCUT2D eigenvalue weighted by Gasteiger charge is -1.94. The fourth-order valence-corrected chi connectivity index (χ4v) is 1.69. The van der Waals surface area contributed by atoms with Gasteiger partial charge in [0.15, 0.2) is 0 Å². The van der Waals surface area contributed by atoms with E-state index in [1.165, 1.54) is 0 Å². The van der Waals surface area contributed by atoms with Crippen molar-refractivity contribution in [1.29, 1.82) is 5.26 Å². The molecular formula is C11H7ClN2O. The first-order valence-electron chi connectivity index (χ1n) is 4.39. The third-order valence-electron chi connectivity index (χ3n) is 2.23. The number of hydrogen-bond donors (Lipinski definition) is 1. The minimum Gasteiger partial charge on any atom is -0.361 e. The highest BCUT2D eigenvalue weighted by molar-refractivity contribution is 6.63. The first kappa shape index (κ1) is 9.75. The third kappa shape index (κ3) is 1.85. The van der Waals surface area contributed by atoms with Gasteiger partial charge in [-0.25, -0.2) is 0 Å². The predicted octanol–water partition coefficient (Wildman–Crippen LogP) is 2.35. The van der Waals surface area contributed by atoms with Gasteiger partial charge in [0.1, 0.15) is 0 Å². The lowest BCUT2D eigenvalue weighted by molar-refractivity contribution is -0.111. The Labute approximate surface area is 91.3 Å². The summed E-state index contributed by atoms with van der Waals surface area (Å²) < 4.78 is 0. The van der Waals surface area contributed by atoms with Crippen LogP contribution < -0.4 is 0 Å². The molecule has 0 atom stereocenters. The van der Waals surface area contributed by atoms with Gasteiger partial charge < -0.3 is 4.98 Å². The zero-order valence-electron chi connectivity index (χ0n) is 7.75. The van der Waals surface area contributed by atoms with Crippen molar-refractivity contribution in [2.24, 2.45) is 0 Å². The molecule has 4 heteroatoms. The van der Waals surface area contributed by atoms with Crippen LogP contribution in [0, 0.1) is 11.3 Å². The topological polar surface area (TPSA) is 56.6 Å². The van der Waals surface area contributed by atoms with Gasteiger partial charge in [0.25, 0.3) is 0 Å². The standard InChI is InChI=1S/C11H7ClN2O/c12-11(15)4-8-6-14-10-2-1-7(5-13)3-9(8)10/h1-3,6,14H,4H2. The summed E-state index contributed by atoms with van der Waals surface area (Å²) >= 11 is 5.33. The van der Waals surface area contributed by atoms with E-state index in [0.29, 0.717) is 5.56 Å². The van der Waals surface area contributed by atoms with Crippen molar-refractivity contribution in [3.8, 4) is 6.07 Å². The van der Waals surface area contributed by atoms with Crippen molar-refractivity contribution in [2.45, 2.75) is 6.42 Å². The number of benzene rings is 1. The summed E-state index contributed by atoms with van der Waals surface area (Å²) in [6.45, 7) is 0. The predicted molar refractivity (Wildman–Crippen MR) is 57.6 cm³/mol. The van der Waals surface area contributed by atoms with E-state index in [9.17, 15) is 4.79 Å². The zero-order valence-corrected chi connectivity index (χ0v) is 8.51. The molecule has 0 aliphatic rings. The van der Waals surface area contributed by atoms with Crippen LogP contribution in [-0.2, 0) is 11.2 Å². The number of aromatic nitrogens is 1. The van der Waals surface area contributed by atoms with E-state index in [1.54, 1.807) is 18.3 Å². The van der Waals surface area contributed by atoms with Crippen molar-refractivity contribution >= 4 is 27.7 Å². The lowest BCUT2D eigenvalue weighted by atomic mass is 10.1. The maximum Gasteiger partial charge on any atom is 0.226 e. The van der Waals surface area contributed by atoms with Crippen LogP contribution in [0.15, 0.2) is 24.4 Å². The number of nitriles is 1. The Bertz CT molecular complexity index is 565. The van der Waals surface area contributed by atoms with Crippen LogP contribution in [0.25, 0.3) is 10.9 Å². The molecule has 3 nitrogen and oxygen atoms in total. The van der Waals surface area contributed by atoms with Crippen molar-refractivity contribution in [3.05, 3.63) is 35.5 Å². The summed E-state index contributed by atoms with van der Waals surface area (Å²) in [4.78, 5) is 13.8. The molecule has 1 heterocycles. The van der Waals surface area contributed by atoms with Crippen LogP contribution in [-0.4, -0.2) is 10.2 Å². The van der Waals surface area contributed by atoms with Gasteiger partial charge in [0.2, 0.25) is 5.24 Å². The largest absolute Gasteiger partial charge is 0.361 e. The summed E-state index contributed by atoms with van der Waals surface area (Å²) in [7, 11) is 0. The molecule has 2 aromatic rings. The van der Waals surface area contributed by atoms with Crippen molar-refractivity contribution in [1.82, 2.24) is 4.98 Å². The summed E-state index contributed by atoms with van der Waals surface area (Å²) in [5.74, 6) is 0. The van der Waals surface area contributed by atoms with Gasteiger partial charge in [-0.2, -0.15) is 5.26 Å². The van der Waals surface area contributed by atoms with Crippen LogP contribution >= 0.6 is 11.6 Å². The van der Waals surface area contributed by atoms with Crippen LogP contribution in [0.5, 0.6) is 0 Å². The van der Waals surface area contributed by atoms with Crippen LogP contribution in [0.1, 0.15) is 11.1 Å². The molecule has 0 spiro atoms. The molecule has 74 valence electrons.